The van der Waals surface area contributed by atoms with Crippen molar-refractivity contribution >= 4 is 18.6 Å². The van der Waals surface area contributed by atoms with Gasteiger partial charge in [0.15, 0.2) is 5.75 Å². The first-order chi connectivity index (χ1) is 16.1. The van der Waals surface area contributed by atoms with Crippen LogP contribution in [0.25, 0.3) is 0 Å². The smallest absolute Gasteiger partial charge is 0.462 e. The van der Waals surface area contributed by atoms with E-state index < -0.39 is 13.3 Å². The number of hydrogen-bond acceptors (Lipinski definition) is 5. The van der Waals surface area contributed by atoms with Gasteiger partial charge in [-0.2, -0.15) is 0 Å². The van der Waals surface area contributed by atoms with Crippen molar-refractivity contribution in [2.45, 2.75) is 97.8 Å². The molecule has 1 rings (SSSR count). The first-order valence-electron chi connectivity index (χ1n) is 12.8. The maximum Gasteiger partial charge on any atom is 0.462 e. The lowest BCUT2D eigenvalue weighted by molar-refractivity contribution is -0.107. The molecule has 0 heterocycles. The summed E-state index contributed by atoms with van der Waals surface area (Å²) in [7, 11) is -2.33. The molecular formula is C27H44O5P+. The Bertz CT molecular complexity index is 717. The predicted molar refractivity (Wildman–Crippen MR) is 138 cm³/mol. The number of allylic oxidation sites excluding steroid dienone is 1. The van der Waals surface area contributed by atoms with E-state index >= 15 is 0 Å². The van der Waals surface area contributed by atoms with Gasteiger partial charge in [-0.25, -0.2) is 4.79 Å². The van der Waals surface area contributed by atoms with Gasteiger partial charge in [0.1, 0.15) is 0 Å². The summed E-state index contributed by atoms with van der Waals surface area (Å²) in [5.74, 6) is 1.43. The van der Waals surface area contributed by atoms with Gasteiger partial charge in [-0.3, -0.25) is 0 Å². The number of carbonyl (C=O) groups is 1. The zero-order valence-corrected chi connectivity index (χ0v) is 21.9. The lowest BCUT2D eigenvalue weighted by Crippen LogP contribution is -2.13. The van der Waals surface area contributed by atoms with E-state index in [1.54, 1.807) is 12.1 Å². The van der Waals surface area contributed by atoms with E-state index in [4.69, 9.17) is 14.2 Å². The molecule has 1 aromatic rings. The summed E-state index contributed by atoms with van der Waals surface area (Å²) in [6, 6.07) is 3.43. The van der Waals surface area contributed by atoms with Gasteiger partial charge in [0, 0.05) is 6.08 Å². The monoisotopic (exact) mass is 479 g/mol. The maximum atomic E-state index is 12.9. The summed E-state index contributed by atoms with van der Waals surface area (Å²) in [5.41, 5.74) is -0.511. The van der Waals surface area contributed by atoms with Crippen molar-refractivity contribution in [3.05, 3.63) is 24.8 Å². The van der Waals surface area contributed by atoms with Gasteiger partial charge in [0.2, 0.25) is 16.8 Å². The van der Waals surface area contributed by atoms with E-state index in [2.05, 4.69) is 27.4 Å². The number of carbonyl (C=O) groups excluding carboxylic acids is 1. The number of rotatable bonds is 21. The second-order valence-corrected chi connectivity index (χ2v) is 9.82. The fourth-order valence-electron chi connectivity index (χ4n) is 3.40. The first kappa shape index (κ1) is 29.2. The molecule has 5 nitrogen and oxygen atoms in total. The molecule has 186 valence electrons. The van der Waals surface area contributed by atoms with E-state index in [9.17, 15) is 9.36 Å². The second kappa shape index (κ2) is 18.5. The second-order valence-electron chi connectivity index (χ2n) is 8.31. The van der Waals surface area contributed by atoms with Crippen LogP contribution in [0.2, 0.25) is 0 Å². The number of benzene rings is 1. The fourth-order valence-corrected chi connectivity index (χ4v) is 4.37. The molecule has 0 fully saturated rings. The molecule has 0 bridgehead atoms. The summed E-state index contributed by atoms with van der Waals surface area (Å²) >= 11 is 0. The highest BCUT2D eigenvalue weighted by Crippen LogP contribution is 2.41. The SMILES string of the molecule is C=CC(=O)[P+](=O)c1ccc(OCCCCCC)c(OCCCCCC)c1OCCCCCC. The summed E-state index contributed by atoms with van der Waals surface area (Å²) in [4.78, 5) is 12.2. The highest BCUT2D eigenvalue weighted by Gasteiger charge is 2.36. The normalized spacial score (nSPS) is 11.2. The van der Waals surface area contributed by atoms with E-state index in [-0.39, 0.29) is 0 Å². The molecule has 0 N–H and O–H groups in total. The molecule has 0 aliphatic heterocycles. The summed E-state index contributed by atoms with van der Waals surface area (Å²) < 4.78 is 31.2. The molecule has 0 amide bonds. The minimum atomic E-state index is -2.33. The van der Waals surface area contributed by atoms with Gasteiger partial charge >= 0.3 is 13.3 Å². The Balaban J connectivity index is 3.15. The molecule has 6 heteroatoms. The van der Waals surface area contributed by atoms with Crippen molar-refractivity contribution in [3.63, 3.8) is 0 Å². The molecule has 0 aliphatic carbocycles. The number of ether oxygens (including phenoxy) is 3. The van der Waals surface area contributed by atoms with Crippen LogP contribution in [-0.2, 0) is 9.36 Å². The van der Waals surface area contributed by atoms with Crippen molar-refractivity contribution < 1.29 is 23.6 Å². The van der Waals surface area contributed by atoms with Crippen molar-refractivity contribution in [2.24, 2.45) is 0 Å². The number of unbranched alkanes of at least 4 members (excludes halogenated alkanes) is 9. The minimum absolute atomic E-state index is 0.354. The van der Waals surface area contributed by atoms with Crippen molar-refractivity contribution in [3.8, 4) is 17.2 Å². The van der Waals surface area contributed by atoms with Crippen LogP contribution in [0.5, 0.6) is 17.2 Å². The summed E-state index contributed by atoms with van der Waals surface area (Å²) in [6.45, 7) is 11.6. The minimum Gasteiger partial charge on any atom is -0.490 e. The standard InChI is InChI=1S/C27H44O5P/c1-5-9-12-15-20-30-23-18-19-24(33(29)25(28)8-4)27(32-22-17-14-11-7-3)26(23)31-21-16-13-10-6-2/h8,18-19H,4-7,9-17,20-22H2,1-3H3/q+1. The largest absolute Gasteiger partial charge is 0.490 e. The molecule has 33 heavy (non-hydrogen) atoms. The average molecular weight is 480 g/mol. The predicted octanol–water partition coefficient (Wildman–Crippen LogP) is 7.73. The third-order valence-corrected chi connectivity index (χ3v) is 6.77. The zero-order chi connectivity index (χ0) is 24.3. The molecule has 1 unspecified atom stereocenters. The van der Waals surface area contributed by atoms with Gasteiger partial charge < -0.3 is 14.2 Å². The Kier molecular flexibility index (Phi) is 16.4. The highest BCUT2D eigenvalue weighted by molar-refractivity contribution is 7.71. The molecule has 1 atom stereocenters. The molecule has 0 saturated carbocycles. The average Bonchev–Trinajstić information content (AvgIpc) is 2.83. The van der Waals surface area contributed by atoms with E-state index in [1.165, 1.54) is 12.8 Å². The molecule has 1 aromatic carbocycles. The van der Waals surface area contributed by atoms with Crippen molar-refractivity contribution in [1.82, 2.24) is 0 Å². The van der Waals surface area contributed by atoms with Gasteiger partial charge in [-0.15, -0.1) is 0 Å². The summed E-state index contributed by atoms with van der Waals surface area (Å²) in [5, 5.41) is 0.354. The van der Waals surface area contributed by atoms with Gasteiger partial charge in [0.25, 0.3) is 0 Å². The first-order valence-corrected chi connectivity index (χ1v) is 14.1. The van der Waals surface area contributed by atoms with Crippen molar-refractivity contribution in [1.29, 1.82) is 0 Å². The third-order valence-electron chi connectivity index (χ3n) is 5.39. The van der Waals surface area contributed by atoms with E-state index in [0.29, 0.717) is 42.4 Å². The number of hydrogen-bond donors (Lipinski definition) is 0. The maximum absolute atomic E-state index is 12.9. The fraction of sp³-hybridized carbons (Fsp3) is 0.667. The van der Waals surface area contributed by atoms with E-state index in [0.717, 1.165) is 70.3 Å². The van der Waals surface area contributed by atoms with Crippen LogP contribution in [-0.4, -0.2) is 25.3 Å². The van der Waals surface area contributed by atoms with Crippen molar-refractivity contribution in [2.75, 3.05) is 19.8 Å². The lowest BCUT2D eigenvalue weighted by Gasteiger charge is -2.17. The molecular weight excluding hydrogens is 435 g/mol. The topological polar surface area (TPSA) is 61.8 Å². The van der Waals surface area contributed by atoms with Crippen LogP contribution in [0.3, 0.4) is 0 Å². The Morgan fingerprint density at radius 1 is 0.758 bits per heavy atom. The van der Waals surface area contributed by atoms with Gasteiger partial charge in [-0.05, 0) is 31.4 Å². The Labute approximate surface area is 202 Å². The molecule has 0 radical (unpaired) electrons. The van der Waals surface area contributed by atoms with Crippen LogP contribution in [0.4, 0.5) is 0 Å². The van der Waals surface area contributed by atoms with Crippen LogP contribution in [0.15, 0.2) is 24.8 Å². The van der Waals surface area contributed by atoms with Crippen LogP contribution in [0.1, 0.15) is 97.8 Å². The molecule has 0 aromatic heterocycles. The van der Waals surface area contributed by atoms with Crippen LogP contribution < -0.4 is 19.5 Å². The third kappa shape index (κ3) is 11.2. The van der Waals surface area contributed by atoms with Gasteiger partial charge in [0.05, 0.1) is 19.8 Å². The zero-order valence-electron chi connectivity index (χ0n) is 21.0. The molecule has 0 saturated heterocycles. The summed E-state index contributed by atoms with van der Waals surface area (Å²) in [6.07, 6.45) is 14.1. The Hall–Kier alpha value is -1.87. The Morgan fingerprint density at radius 3 is 1.73 bits per heavy atom. The highest BCUT2D eigenvalue weighted by atomic mass is 31.1. The Morgan fingerprint density at radius 2 is 1.24 bits per heavy atom. The van der Waals surface area contributed by atoms with Crippen LogP contribution >= 0.6 is 7.80 Å². The molecule has 0 aliphatic rings. The quantitative estimate of drug-likeness (QED) is 0.103. The van der Waals surface area contributed by atoms with E-state index in [1.807, 2.05) is 0 Å². The molecule has 0 spiro atoms. The lowest BCUT2D eigenvalue weighted by atomic mass is 10.2. The van der Waals surface area contributed by atoms with Crippen LogP contribution in [0, 0.1) is 0 Å². The van der Waals surface area contributed by atoms with Gasteiger partial charge in [-0.1, -0.05) is 89.7 Å².